The Hall–Kier alpha value is -1.35. The number of hydrogen-bond acceptors (Lipinski definition) is 2. The topological polar surface area (TPSA) is 54.4 Å². The zero-order valence-electron chi connectivity index (χ0n) is 9.93. The molecule has 1 aliphatic carbocycles. The molecule has 1 aromatic carbocycles. The van der Waals surface area contributed by atoms with Crippen LogP contribution in [-0.2, 0) is 4.79 Å². The van der Waals surface area contributed by atoms with Gasteiger partial charge in [-0.15, -0.1) is 0 Å². The summed E-state index contributed by atoms with van der Waals surface area (Å²) >= 11 is 5.78. The highest BCUT2D eigenvalue weighted by atomic mass is 35.5. The van der Waals surface area contributed by atoms with Crippen LogP contribution in [-0.4, -0.2) is 16.9 Å². The van der Waals surface area contributed by atoms with Crippen molar-refractivity contribution >= 4 is 23.4 Å². The summed E-state index contributed by atoms with van der Waals surface area (Å²) in [5, 5.41) is 9.52. The molecule has 0 unspecified atom stereocenters. The fourth-order valence-electron chi connectivity index (χ4n) is 2.45. The largest absolute Gasteiger partial charge is 0.481 e. The average molecular weight is 267 g/mol. The number of rotatable bonds is 3. The van der Waals surface area contributed by atoms with E-state index < -0.39 is 5.97 Å². The molecule has 1 fully saturated rings. The van der Waals surface area contributed by atoms with Crippen molar-refractivity contribution in [1.82, 2.24) is 0 Å². The molecule has 0 spiro atoms. The molecular weight excluding hydrogens is 252 g/mol. The van der Waals surface area contributed by atoms with Gasteiger partial charge in [-0.25, -0.2) is 0 Å². The first-order valence-electron chi connectivity index (χ1n) is 6.10. The zero-order valence-corrected chi connectivity index (χ0v) is 10.7. The van der Waals surface area contributed by atoms with Crippen LogP contribution in [0.5, 0.6) is 0 Å². The van der Waals surface area contributed by atoms with Gasteiger partial charge in [0.25, 0.3) is 0 Å². The first kappa shape index (κ1) is 13.1. The summed E-state index contributed by atoms with van der Waals surface area (Å²) in [6.45, 7) is 0. The Morgan fingerprint density at radius 1 is 1.00 bits per heavy atom. The summed E-state index contributed by atoms with van der Waals surface area (Å²) in [5.41, 5.74) is 0.665. The van der Waals surface area contributed by atoms with E-state index in [2.05, 4.69) is 0 Å². The lowest BCUT2D eigenvalue weighted by atomic mass is 9.78. The van der Waals surface area contributed by atoms with Crippen molar-refractivity contribution in [2.24, 2.45) is 11.8 Å². The smallest absolute Gasteiger partial charge is 0.306 e. The predicted octanol–water partition coefficient (Wildman–Crippen LogP) is 3.41. The SMILES string of the molecule is O=C(O)[C@H]1CC[C@@H](C(=O)c2ccc(Cl)cc2)CC1. The van der Waals surface area contributed by atoms with E-state index in [9.17, 15) is 9.59 Å². The van der Waals surface area contributed by atoms with Gasteiger partial charge in [-0.2, -0.15) is 0 Å². The van der Waals surface area contributed by atoms with Crippen LogP contribution in [0, 0.1) is 11.8 Å². The zero-order chi connectivity index (χ0) is 13.1. The van der Waals surface area contributed by atoms with Crippen molar-refractivity contribution in [3.05, 3.63) is 34.9 Å². The highest BCUT2D eigenvalue weighted by molar-refractivity contribution is 6.30. The second-order valence-electron chi connectivity index (χ2n) is 4.76. The molecule has 0 heterocycles. The third-order valence-corrected chi connectivity index (χ3v) is 3.83. The first-order valence-corrected chi connectivity index (χ1v) is 6.48. The van der Waals surface area contributed by atoms with Crippen LogP contribution < -0.4 is 0 Å². The van der Waals surface area contributed by atoms with Crippen molar-refractivity contribution in [2.75, 3.05) is 0 Å². The maximum Gasteiger partial charge on any atom is 0.306 e. The molecule has 1 aliphatic rings. The number of carboxylic acids is 1. The average Bonchev–Trinajstić information content (AvgIpc) is 2.39. The summed E-state index contributed by atoms with van der Waals surface area (Å²) in [7, 11) is 0. The molecule has 4 heteroatoms. The van der Waals surface area contributed by atoms with Crippen molar-refractivity contribution in [3.63, 3.8) is 0 Å². The monoisotopic (exact) mass is 266 g/mol. The molecule has 0 saturated heterocycles. The summed E-state index contributed by atoms with van der Waals surface area (Å²) in [4.78, 5) is 23.0. The number of halogens is 1. The number of aliphatic carboxylic acids is 1. The maximum absolute atomic E-state index is 12.2. The highest BCUT2D eigenvalue weighted by Crippen LogP contribution is 2.31. The van der Waals surface area contributed by atoms with Gasteiger partial charge in [0.05, 0.1) is 5.92 Å². The molecule has 0 radical (unpaired) electrons. The van der Waals surface area contributed by atoms with Gasteiger partial charge in [-0.3, -0.25) is 9.59 Å². The van der Waals surface area contributed by atoms with Crippen molar-refractivity contribution in [2.45, 2.75) is 25.7 Å². The number of carboxylic acid groups (broad SMARTS) is 1. The standard InChI is InChI=1S/C14H15ClO3/c15-12-7-5-10(6-8-12)13(16)9-1-3-11(4-2-9)14(17)18/h5-9,11H,1-4H2,(H,17,18)/t9-,11+. The van der Waals surface area contributed by atoms with E-state index in [4.69, 9.17) is 16.7 Å². The Kier molecular flexibility index (Phi) is 4.02. The van der Waals surface area contributed by atoms with E-state index in [1.807, 2.05) is 0 Å². The molecule has 18 heavy (non-hydrogen) atoms. The van der Waals surface area contributed by atoms with Crippen molar-refractivity contribution in [1.29, 1.82) is 0 Å². The Morgan fingerprint density at radius 2 is 1.50 bits per heavy atom. The Labute approximate surface area is 111 Å². The Morgan fingerprint density at radius 3 is 2.00 bits per heavy atom. The van der Waals surface area contributed by atoms with E-state index in [1.54, 1.807) is 24.3 Å². The molecule has 2 rings (SSSR count). The van der Waals surface area contributed by atoms with Gasteiger partial charge in [0.1, 0.15) is 0 Å². The molecular formula is C14H15ClO3. The number of carbonyl (C=O) groups is 2. The Bertz CT molecular complexity index is 445. The second kappa shape index (κ2) is 5.53. The van der Waals surface area contributed by atoms with E-state index in [-0.39, 0.29) is 17.6 Å². The number of ketones is 1. The Balaban J connectivity index is 1.99. The number of benzene rings is 1. The summed E-state index contributed by atoms with van der Waals surface area (Å²) in [6.07, 6.45) is 2.52. The highest BCUT2D eigenvalue weighted by Gasteiger charge is 2.29. The minimum atomic E-state index is -0.743. The van der Waals surface area contributed by atoms with Crippen LogP contribution in [0.25, 0.3) is 0 Å². The third-order valence-electron chi connectivity index (χ3n) is 3.58. The van der Waals surface area contributed by atoms with Gasteiger partial charge in [0.2, 0.25) is 0 Å². The second-order valence-corrected chi connectivity index (χ2v) is 5.19. The van der Waals surface area contributed by atoms with Gasteiger partial charge in [0.15, 0.2) is 5.78 Å². The van der Waals surface area contributed by atoms with E-state index in [0.717, 1.165) is 0 Å². The molecule has 0 aromatic heterocycles. The van der Waals surface area contributed by atoms with Crippen LogP contribution in [0.1, 0.15) is 36.0 Å². The first-order chi connectivity index (χ1) is 8.58. The molecule has 1 N–H and O–H groups in total. The van der Waals surface area contributed by atoms with E-state index in [1.165, 1.54) is 0 Å². The quantitative estimate of drug-likeness (QED) is 0.853. The molecule has 0 aliphatic heterocycles. The van der Waals surface area contributed by atoms with Crippen LogP contribution >= 0.6 is 11.6 Å². The van der Waals surface area contributed by atoms with Gasteiger partial charge in [-0.1, -0.05) is 11.6 Å². The van der Waals surface area contributed by atoms with E-state index >= 15 is 0 Å². The minimum absolute atomic E-state index is 0.0400. The molecule has 0 bridgehead atoms. The molecule has 1 saturated carbocycles. The van der Waals surface area contributed by atoms with Crippen LogP contribution in [0.2, 0.25) is 5.02 Å². The molecule has 96 valence electrons. The van der Waals surface area contributed by atoms with Crippen LogP contribution in [0.15, 0.2) is 24.3 Å². The molecule has 1 aromatic rings. The van der Waals surface area contributed by atoms with Crippen LogP contribution in [0.3, 0.4) is 0 Å². The summed E-state index contributed by atoms with van der Waals surface area (Å²) in [6, 6.07) is 6.87. The summed E-state index contributed by atoms with van der Waals surface area (Å²) in [5.74, 6) is -0.955. The van der Waals surface area contributed by atoms with Gasteiger partial charge >= 0.3 is 5.97 Å². The van der Waals surface area contributed by atoms with Crippen molar-refractivity contribution < 1.29 is 14.7 Å². The lowest BCUT2D eigenvalue weighted by molar-refractivity contribution is -0.143. The number of carbonyl (C=O) groups excluding carboxylic acids is 1. The maximum atomic E-state index is 12.2. The van der Waals surface area contributed by atoms with Crippen molar-refractivity contribution in [3.8, 4) is 0 Å². The summed E-state index contributed by atoms with van der Waals surface area (Å²) < 4.78 is 0. The van der Waals surface area contributed by atoms with Gasteiger partial charge in [0, 0.05) is 16.5 Å². The fraction of sp³-hybridized carbons (Fsp3) is 0.429. The molecule has 0 amide bonds. The normalized spacial score (nSPS) is 23.6. The fourth-order valence-corrected chi connectivity index (χ4v) is 2.58. The van der Waals surface area contributed by atoms with Crippen LogP contribution in [0.4, 0.5) is 0 Å². The third kappa shape index (κ3) is 2.91. The lowest BCUT2D eigenvalue weighted by Crippen LogP contribution is -2.25. The predicted molar refractivity (Wildman–Crippen MR) is 68.9 cm³/mol. The van der Waals surface area contributed by atoms with E-state index in [0.29, 0.717) is 36.3 Å². The number of hydrogen-bond donors (Lipinski definition) is 1. The minimum Gasteiger partial charge on any atom is -0.481 e. The number of Topliss-reactive ketones (excluding diaryl/α,β-unsaturated/α-hetero) is 1. The molecule has 3 nitrogen and oxygen atoms in total. The van der Waals surface area contributed by atoms with Gasteiger partial charge in [-0.05, 0) is 49.9 Å². The lowest BCUT2D eigenvalue weighted by Gasteiger charge is -2.25. The molecule has 0 atom stereocenters. The van der Waals surface area contributed by atoms with Gasteiger partial charge < -0.3 is 5.11 Å².